The van der Waals surface area contributed by atoms with Crippen molar-refractivity contribution >= 4 is 21.8 Å². The fourth-order valence-corrected chi connectivity index (χ4v) is 4.87. The van der Waals surface area contributed by atoms with E-state index in [4.69, 9.17) is 0 Å². The first-order chi connectivity index (χ1) is 10.2. The smallest absolute Gasteiger partial charge is 0.236 e. The van der Waals surface area contributed by atoms with E-state index in [1.165, 1.54) is 12.0 Å². The fourth-order valence-electron chi connectivity index (χ4n) is 4.40. The molecule has 112 valence electrons. The lowest BCUT2D eigenvalue weighted by molar-refractivity contribution is -0.141. The Morgan fingerprint density at radius 1 is 1.14 bits per heavy atom. The van der Waals surface area contributed by atoms with Crippen molar-refractivity contribution in [2.24, 2.45) is 11.8 Å². The van der Waals surface area contributed by atoms with Crippen LogP contribution in [-0.2, 0) is 11.3 Å². The summed E-state index contributed by atoms with van der Waals surface area (Å²) in [6, 6.07) is 11.2. The van der Waals surface area contributed by atoms with Crippen LogP contribution in [0.25, 0.3) is 0 Å². The molecule has 4 fully saturated rings. The van der Waals surface area contributed by atoms with Crippen molar-refractivity contribution in [2.45, 2.75) is 30.3 Å². The summed E-state index contributed by atoms with van der Waals surface area (Å²) in [7, 11) is 0. The zero-order valence-electron chi connectivity index (χ0n) is 12.1. The van der Waals surface area contributed by atoms with Crippen LogP contribution in [0.3, 0.4) is 0 Å². The summed E-state index contributed by atoms with van der Waals surface area (Å²) < 4.78 is 0. The molecule has 21 heavy (non-hydrogen) atoms. The number of fused-ring (bicyclic) bond motifs is 2. The van der Waals surface area contributed by atoms with Gasteiger partial charge in [0.05, 0.1) is 4.83 Å². The average Bonchev–Trinajstić information content (AvgIpc) is 2.81. The largest absolute Gasteiger partial charge is 0.338 e. The molecule has 0 spiro atoms. The highest BCUT2D eigenvalue weighted by molar-refractivity contribution is 9.10. The van der Waals surface area contributed by atoms with Crippen LogP contribution in [0, 0.1) is 11.8 Å². The maximum atomic E-state index is 12.2. The standard InChI is InChI=1S/C17H21BrN2O/c18-15-6-7-20(17(15)21)16-13-8-14(16)11-19(10-13)9-12-4-2-1-3-5-12/h1-5,13-16H,6-11H2. The number of alkyl halides is 1. The first kappa shape index (κ1) is 13.8. The topological polar surface area (TPSA) is 23.6 Å². The van der Waals surface area contributed by atoms with Gasteiger partial charge in [-0.1, -0.05) is 46.3 Å². The van der Waals surface area contributed by atoms with Gasteiger partial charge in [0.2, 0.25) is 5.91 Å². The number of rotatable bonds is 3. The highest BCUT2D eigenvalue weighted by atomic mass is 79.9. The molecule has 3 atom stereocenters. The van der Waals surface area contributed by atoms with E-state index in [0.29, 0.717) is 23.8 Å². The summed E-state index contributed by atoms with van der Waals surface area (Å²) in [5.41, 5.74) is 1.40. The molecule has 3 aliphatic heterocycles. The fraction of sp³-hybridized carbons (Fsp3) is 0.588. The molecule has 0 radical (unpaired) electrons. The van der Waals surface area contributed by atoms with E-state index in [-0.39, 0.29) is 4.83 Å². The van der Waals surface area contributed by atoms with Crippen LogP contribution in [-0.4, -0.2) is 46.2 Å². The van der Waals surface area contributed by atoms with E-state index in [0.717, 1.165) is 32.6 Å². The Morgan fingerprint density at radius 2 is 1.86 bits per heavy atom. The molecule has 1 aromatic carbocycles. The zero-order valence-corrected chi connectivity index (χ0v) is 13.7. The molecule has 1 amide bonds. The van der Waals surface area contributed by atoms with Gasteiger partial charge in [-0.15, -0.1) is 0 Å². The Kier molecular flexibility index (Phi) is 3.54. The maximum absolute atomic E-state index is 12.2. The molecule has 4 heteroatoms. The minimum atomic E-state index is 0.0687. The number of carbonyl (C=O) groups excluding carboxylic acids is 1. The summed E-state index contributed by atoms with van der Waals surface area (Å²) in [4.78, 5) is 17.0. The number of benzene rings is 1. The SMILES string of the molecule is O=C1C(Br)CCN1C1C2CC1CN(Cc1ccccc1)C2. The van der Waals surface area contributed by atoms with Gasteiger partial charge < -0.3 is 4.90 Å². The second-order valence-corrected chi connectivity index (χ2v) is 7.82. The van der Waals surface area contributed by atoms with Gasteiger partial charge in [-0.3, -0.25) is 9.69 Å². The molecule has 0 N–H and O–H groups in total. The van der Waals surface area contributed by atoms with Gasteiger partial charge >= 0.3 is 0 Å². The van der Waals surface area contributed by atoms with Crippen molar-refractivity contribution in [1.29, 1.82) is 0 Å². The van der Waals surface area contributed by atoms with Crippen molar-refractivity contribution in [1.82, 2.24) is 9.80 Å². The molecule has 3 heterocycles. The summed E-state index contributed by atoms with van der Waals surface area (Å²) in [5.74, 6) is 1.70. The predicted octanol–water partition coefficient (Wildman–Crippen LogP) is 2.50. The summed E-state index contributed by atoms with van der Waals surface area (Å²) >= 11 is 3.50. The Balaban J connectivity index is 1.39. The number of carbonyl (C=O) groups is 1. The number of piperidine rings is 2. The van der Waals surface area contributed by atoms with Crippen LogP contribution < -0.4 is 0 Å². The van der Waals surface area contributed by atoms with Crippen molar-refractivity contribution in [3.05, 3.63) is 35.9 Å². The lowest BCUT2D eigenvalue weighted by Gasteiger charge is -2.56. The predicted molar refractivity (Wildman–Crippen MR) is 86.1 cm³/mol. The average molecular weight is 349 g/mol. The molecular formula is C17H21BrN2O. The van der Waals surface area contributed by atoms with Crippen molar-refractivity contribution < 1.29 is 4.79 Å². The van der Waals surface area contributed by atoms with Crippen LogP contribution in [0.1, 0.15) is 18.4 Å². The molecule has 3 nitrogen and oxygen atoms in total. The quantitative estimate of drug-likeness (QED) is 0.783. The minimum Gasteiger partial charge on any atom is -0.338 e. The first-order valence-electron chi connectivity index (χ1n) is 7.93. The number of likely N-dealkylation sites (tertiary alicyclic amines) is 1. The molecule has 3 unspecified atom stereocenters. The van der Waals surface area contributed by atoms with Crippen LogP contribution in [0.15, 0.2) is 30.3 Å². The zero-order chi connectivity index (χ0) is 14.4. The van der Waals surface area contributed by atoms with Gasteiger partial charge in [0.15, 0.2) is 0 Å². The van der Waals surface area contributed by atoms with Gasteiger partial charge in [-0.25, -0.2) is 0 Å². The second kappa shape index (κ2) is 5.40. The van der Waals surface area contributed by atoms with Crippen molar-refractivity contribution in [2.75, 3.05) is 19.6 Å². The van der Waals surface area contributed by atoms with Gasteiger partial charge in [0, 0.05) is 32.2 Å². The lowest BCUT2D eigenvalue weighted by Crippen LogP contribution is -2.64. The molecule has 2 bridgehead atoms. The molecule has 0 aromatic heterocycles. The van der Waals surface area contributed by atoms with Gasteiger partial charge in [0.1, 0.15) is 0 Å². The number of hydrogen-bond acceptors (Lipinski definition) is 2. The van der Waals surface area contributed by atoms with Crippen LogP contribution in [0.4, 0.5) is 0 Å². The van der Waals surface area contributed by atoms with Crippen LogP contribution >= 0.6 is 15.9 Å². The summed E-state index contributed by atoms with van der Waals surface area (Å²) in [6.07, 6.45) is 2.29. The first-order valence-corrected chi connectivity index (χ1v) is 8.85. The molecule has 1 saturated carbocycles. The monoisotopic (exact) mass is 348 g/mol. The number of hydrogen-bond donors (Lipinski definition) is 0. The molecular weight excluding hydrogens is 328 g/mol. The van der Waals surface area contributed by atoms with Gasteiger partial charge in [0.25, 0.3) is 0 Å². The van der Waals surface area contributed by atoms with E-state index >= 15 is 0 Å². The van der Waals surface area contributed by atoms with Gasteiger partial charge in [-0.2, -0.15) is 0 Å². The van der Waals surface area contributed by atoms with Crippen molar-refractivity contribution in [3.8, 4) is 0 Å². The molecule has 4 aliphatic rings. The molecule has 1 aliphatic carbocycles. The molecule has 1 aromatic rings. The van der Waals surface area contributed by atoms with Crippen LogP contribution in [0.2, 0.25) is 0 Å². The third-order valence-corrected chi connectivity index (χ3v) is 6.19. The Labute approximate surface area is 134 Å². The Morgan fingerprint density at radius 3 is 2.48 bits per heavy atom. The highest BCUT2D eigenvalue weighted by Crippen LogP contribution is 2.45. The normalized spacial score (nSPS) is 35.9. The third-order valence-electron chi connectivity index (χ3n) is 5.34. The molecule has 3 saturated heterocycles. The summed E-state index contributed by atoms with van der Waals surface area (Å²) in [5, 5.41) is 0. The third kappa shape index (κ3) is 2.42. The molecule has 5 rings (SSSR count). The Hall–Kier alpha value is -0.870. The lowest BCUT2D eigenvalue weighted by atomic mass is 9.65. The van der Waals surface area contributed by atoms with Crippen molar-refractivity contribution in [3.63, 3.8) is 0 Å². The summed E-state index contributed by atoms with van der Waals surface area (Å²) in [6.45, 7) is 4.29. The van der Waals surface area contributed by atoms with E-state index in [1.807, 2.05) is 0 Å². The highest BCUT2D eigenvalue weighted by Gasteiger charge is 2.52. The number of halogens is 1. The number of nitrogens with zero attached hydrogens (tertiary/aromatic N) is 2. The second-order valence-electron chi connectivity index (χ2n) is 6.71. The van der Waals surface area contributed by atoms with Crippen LogP contribution in [0.5, 0.6) is 0 Å². The minimum absolute atomic E-state index is 0.0687. The van der Waals surface area contributed by atoms with E-state index in [2.05, 4.69) is 56.1 Å². The van der Waals surface area contributed by atoms with E-state index in [9.17, 15) is 4.79 Å². The van der Waals surface area contributed by atoms with Gasteiger partial charge in [-0.05, 0) is 30.2 Å². The maximum Gasteiger partial charge on any atom is 0.236 e. The Bertz CT molecular complexity index is 523. The van der Waals surface area contributed by atoms with E-state index in [1.54, 1.807) is 0 Å². The number of amides is 1. The van der Waals surface area contributed by atoms with E-state index < -0.39 is 0 Å².